The molecule has 0 N–H and O–H groups in total. The van der Waals surface area contributed by atoms with Crippen LogP contribution in [0.15, 0.2) is 134 Å². The van der Waals surface area contributed by atoms with Crippen molar-refractivity contribution in [2.75, 3.05) is 0 Å². The van der Waals surface area contributed by atoms with Crippen LogP contribution < -0.4 is 10.2 Å². The molecule has 0 amide bonds. The number of rotatable bonds is 4. The van der Waals surface area contributed by atoms with Gasteiger partial charge in [-0.05, 0) is 46.9 Å². The van der Waals surface area contributed by atoms with E-state index in [1.54, 1.807) is 61.2 Å². The molecule has 4 rings (SSSR count). The summed E-state index contributed by atoms with van der Waals surface area (Å²) >= 11 is 0. The number of benzene rings is 2. The summed E-state index contributed by atoms with van der Waals surface area (Å²) in [6.07, 6.45) is 7.91. The van der Waals surface area contributed by atoms with Gasteiger partial charge in [-0.25, -0.2) is 0 Å². The molecule has 0 fully saturated rings. The molecule has 0 saturated carbocycles. The topological polar surface area (TPSA) is 158 Å². The Balaban J connectivity index is 0.000000485. The van der Waals surface area contributed by atoms with Gasteiger partial charge in [0.1, 0.15) is 0 Å². The first-order valence-corrected chi connectivity index (χ1v) is 10.3. The van der Waals surface area contributed by atoms with Crippen LogP contribution >= 0.6 is 0 Å². The van der Waals surface area contributed by atoms with E-state index >= 15 is 0 Å². The molecule has 0 aliphatic heterocycles. The van der Waals surface area contributed by atoms with Gasteiger partial charge in [-0.2, -0.15) is 0 Å². The van der Waals surface area contributed by atoms with Crippen LogP contribution in [0.25, 0.3) is 11.5 Å². The van der Waals surface area contributed by atoms with Gasteiger partial charge in [0.15, 0.2) is 0 Å². The Labute approximate surface area is 224 Å². The summed E-state index contributed by atoms with van der Waals surface area (Å²) in [7, 11) is 0. The van der Waals surface area contributed by atoms with Gasteiger partial charge in [0, 0.05) is 24.8 Å². The third kappa shape index (κ3) is 17.3. The van der Waals surface area contributed by atoms with Crippen molar-refractivity contribution in [1.82, 2.24) is 9.97 Å². The summed E-state index contributed by atoms with van der Waals surface area (Å²) < 4.78 is 0. The fourth-order valence-electron chi connectivity index (χ4n) is 2.17. The van der Waals surface area contributed by atoms with Crippen molar-refractivity contribution in [2.45, 2.75) is 0 Å². The van der Waals surface area contributed by atoms with E-state index in [2.05, 4.69) is 9.97 Å². The minimum atomic E-state index is -0.755. The molecule has 189 valence electrons. The van der Waals surface area contributed by atoms with E-state index < -0.39 is 21.4 Å². The summed E-state index contributed by atoms with van der Waals surface area (Å²) in [6, 6.07) is 27.6. The van der Waals surface area contributed by atoms with Crippen molar-refractivity contribution in [2.24, 2.45) is 0 Å². The number of nitrogens with zero attached hydrogens (tertiary/aromatic N) is 4. The quantitative estimate of drug-likeness (QED) is 0.165. The normalized spacial score (nSPS) is 9.84. The molecular formula is C26H22MnN4O6. The van der Waals surface area contributed by atoms with Crippen molar-refractivity contribution >= 4 is 11.5 Å². The van der Waals surface area contributed by atoms with Crippen LogP contribution in [0.3, 0.4) is 0 Å². The molecule has 37 heavy (non-hydrogen) atoms. The van der Waals surface area contributed by atoms with E-state index in [1.165, 1.54) is 24.3 Å². The van der Waals surface area contributed by atoms with Crippen molar-refractivity contribution in [3.05, 3.63) is 166 Å². The summed E-state index contributed by atoms with van der Waals surface area (Å²) in [6.45, 7) is 0. The first kappa shape index (κ1) is 32.1. The van der Waals surface area contributed by atoms with Gasteiger partial charge in [0.25, 0.3) is 0 Å². The number of aromatic nitrogens is 2. The molecule has 0 spiro atoms. The van der Waals surface area contributed by atoms with Crippen LogP contribution in [0.2, 0.25) is 0 Å². The molecule has 2 aromatic heterocycles. The minimum Gasteiger partial charge on any atom is -0.868 e. The van der Waals surface area contributed by atoms with Crippen molar-refractivity contribution in [1.29, 1.82) is 0 Å². The van der Waals surface area contributed by atoms with Gasteiger partial charge in [-0.1, -0.05) is 72.8 Å². The third-order valence-corrected chi connectivity index (χ3v) is 3.69. The van der Waals surface area contributed by atoms with Gasteiger partial charge >= 0.3 is 17.1 Å². The van der Waals surface area contributed by atoms with E-state index in [0.29, 0.717) is 23.5 Å². The molecular weight excluding hydrogens is 519 g/mol. The monoisotopic (exact) mass is 541 g/mol. The Bertz CT molecular complexity index is 1050. The Hall–Kier alpha value is -4.86. The SMILES string of the molecule is O=[N+]([O-])/C=C(\[O-])c1ccccc1.O=[N+]([O-])/C=C(\[O-])c1ccccc1.[Mn+2].c1ccncc1.c1ccncc1. The maximum absolute atomic E-state index is 11.0. The molecule has 2 heterocycles. The number of nitro groups is 2. The fourth-order valence-corrected chi connectivity index (χ4v) is 2.17. The molecule has 0 aliphatic carbocycles. The van der Waals surface area contributed by atoms with Crippen LogP contribution in [0.4, 0.5) is 0 Å². The molecule has 1 radical (unpaired) electrons. The first-order valence-electron chi connectivity index (χ1n) is 10.3. The zero-order chi connectivity index (χ0) is 26.4. The summed E-state index contributed by atoms with van der Waals surface area (Å²) in [4.78, 5) is 25.9. The van der Waals surface area contributed by atoms with E-state index in [-0.39, 0.29) is 17.1 Å². The molecule has 0 aliphatic rings. The van der Waals surface area contributed by atoms with Gasteiger partial charge in [-0.15, -0.1) is 0 Å². The molecule has 0 bridgehead atoms. The fraction of sp³-hybridized carbons (Fsp3) is 0. The van der Waals surface area contributed by atoms with Crippen molar-refractivity contribution in [3.8, 4) is 0 Å². The van der Waals surface area contributed by atoms with Crippen LogP contribution in [-0.2, 0) is 17.1 Å². The van der Waals surface area contributed by atoms with Gasteiger partial charge in [0.2, 0.25) is 12.4 Å². The largest absolute Gasteiger partial charge is 2.00 e. The van der Waals surface area contributed by atoms with E-state index in [1.807, 2.05) is 36.4 Å². The van der Waals surface area contributed by atoms with Gasteiger partial charge in [0.05, 0.1) is 9.85 Å². The number of hydrogen-bond acceptors (Lipinski definition) is 8. The second-order valence-corrected chi connectivity index (χ2v) is 6.34. The van der Waals surface area contributed by atoms with Gasteiger partial charge in [-0.3, -0.25) is 30.2 Å². The van der Waals surface area contributed by atoms with Crippen molar-refractivity contribution < 1.29 is 37.1 Å². The molecule has 10 nitrogen and oxygen atoms in total. The summed E-state index contributed by atoms with van der Waals surface area (Å²) in [5, 5.41) is 41.7. The van der Waals surface area contributed by atoms with Gasteiger partial charge < -0.3 is 10.2 Å². The molecule has 0 saturated heterocycles. The summed E-state index contributed by atoms with van der Waals surface area (Å²) in [5.74, 6) is -1.17. The average molecular weight is 541 g/mol. The molecule has 0 unspecified atom stereocenters. The predicted molar refractivity (Wildman–Crippen MR) is 131 cm³/mol. The molecule has 2 aromatic carbocycles. The Morgan fingerprint density at radius 3 is 1.00 bits per heavy atom. The zero-order valence-electron chi connectivity index (χ0n) is 19.3. The second-order valence-electron chi connectivity index (χ2n) is 6.34. The number of pyridine rings is 2. The molecule has 4 aromatic rings. The minimum absolute atomic E-state index is 0. The third-order valence-electron chi connectivity index (χ3n) is 3.69. The zero-order valence-corrected chi connectivity index (χ0v) is 20.5. The van der Waals surface area contributed by atoms with E-state index in [9.17, 15) is 30.4 Å². The molecule has 0 atom stereocenters. The van der Waals surface area contributed by atoms with Crippen LogP contribution in [0.5, 0.6) is 0 Å². The Morgan fingerprint density at radius 1 is 0.541 bits per heavy atom. The van der Waals surface area contributed by atoms with Crippen LogP contribution in [0.1, 0.15) is 11.1 Å². The first-order chi connectivity index (χ1) is 17.4. The van der Waals surface area contributed by atoms with E-state index in [0.717, 1.165) is 0 Å². The average Bonchev–Trinajstić information content (AvgIpc) is 2.92. The molecule has 11 heteroatoms. The maximum Gasteiger partial charge on any atom is 2.00 e. The predicted octanol–water partition coefficient (Wildman–Crippen LogP) is 3.40. The summed E-state index contributed by atoms with van der Waals surface area (Å²) in [5.41, 5.74) is 0.656. The standard InChI is InChI=1S/2C8H7NO3.2C5H5N.Mn/c2*10-8(6-9(11)12)7-4-2-1-3-5-7;2*1-2-4-6-5-3-1;/h2*1-6,10H;2*1-5H;/q;;;;+2/p-2/b2*8-6-;;;. The van der Waals surface area contributed by atoms with E-state index in [4.69, 9.17) is 0 Å². The van der Waals surface area contributed by atoms with Crippen LogP contribution in [-0.4, -0.2) is 19.8 Å². The number of hydrogen-bond donors (Lipinski definition) is 0. The second kappa shape index (κ2) is 20.5. The smallest absolute Gasteiger partial charge is 0.868 e. The maximum atomic E-state index is 11.0. The Kier molecular flexibility index (Phi) is 17.8. The van der Waals surface area contributed by atoms with Crippen molar-refractivity contribution in [3.63, 3.8) is 0 Å². The van der Waals surface area contributed by atoms with Crippen LogP contribution in [0, 0.1) is 20.2 Å². The Morgan fingerprint density at radius 2 is 0.811 bits per heavy atom.